The second kappa shape index (κ2) is 6.78. The molecule has 0 aliphatic carbocycles. The lowest BCUT2D eigenvalue weighted by molar-refractivity contribution is -0.117. The van der Waals surface area contributed by atoms with E-state index in [1.807, 2.05) is 42.5 Å². The molecule has 2 amide bonds. The average molecular weight is 320 g/mol. The number of aromatic nitrogens is 2. The molecule has 0 unspecified atom stereocenters. The number of hydrogen-bond donors (Lipinski definition) is 3. The van der Waals surface area contributed by atoms with Crippen LogP contribution in [0.2, 0.25) is 0 Å². The highest BCUT2D eigenvalue weighted by Gasteiger charge is 2.09. The van der Waals surface area contributed by atoms with Gasteiger partial charge in [0.15, 0.2) is 5.69 Å². The fourth-order valence-corrected chi connectivity index (χ4v) is 2.32. The Hall–Kier alpha value is -3.41. The minimum absolute atomic E-state index is 0.214. The van der Waals surface area contributed by atoms with Crippen molar-refractivity contribution in [3.63, 3.8) is 0 Å². The van der Waals surface area contributed by atoms with Crippen LogP contribution in [0.4, 0.5) is 0 Å². The maximum absolute atomic E-state index is 11.9. The molecule has 0 saturated heterocycles. The summed E-state index contributed by atoms with van der Waals surface area (Å²) in [7, 11) is 0. The number of H-pyrrole nitrogens is 1. The van der Waals surface area contributed by atoms with Crippen LogP contribution in [0.15, 0.2) is 54.6 Å². The van der Waals surface area contributed by atoms with Gasteiger partial charge in [-0.3, -0.25) is 25.5 Å². The molecule has 1 aromatic heterocycles. The zero-order chi connectivity index (χ0) is 16.9. The molecule has 0 bridgehead atoms. The Kier molecular flexibility index (Phi) is 4.38. The number of amides is 2. The van der Waals surface area contributed by atoms with Gasteiger partial charge in [-0.15, -0.1) is 0 Å². The number of nitrogens with one attached hydrogen (secondary N) is 3. The van der Waals surface area contributed by atoms with Crippen molar-refractivity contribution in [1.82, 2.24) is 21.0 Å². The van der Waals surface area contributed by atoms with Crippen molar-refractivity contribution in [2.24, 2.45) is 0 Å². The molecule has 3 aromatic rings. The topological polar surface area (TPSA) is 86.9 Å². The van der Waals surface area contributed by atoms with Crippen LogP contribution in [0.3, 0.4) is 0 Å². The molecule has 0 saturated carbocycles. The summed E-state index contributed by atoms with van der Waals surface area (Å²) in [5.41, 5.74) is 6.55. The summed E-state index contributed by atoms with van der Waals surface area (Å²) in [5.74, 6) is -0.908. The van der Waals surface area contributed by atoms with Crippen molar-refractivity contribution in [1.29, 1.82) is 0 Å². The monoisotopic (exact) mass is 320 g/mol. The van der Waals surface area contributed by atoms with Crippen LogP contribution in [-0.4, -0.2) is 22.0 Å². The number of aromatic amines is 1. The molecule has 2 aromatic carbocycles. The fourth-order valence-electron chi connectivity index (χ4n) is 2.32. The third kappa shape index (κ3) is 3.49. The zero-order valence-corrected chi connectivity index (χ0v) is 13.0. The van der Waals surface area contributed by atoms with Crippen LogP contribution >= 0.6 is 0 Å². The molecule has 3 rings (SSSR count). The van der Waals surface area contributed by atoms with Crippen molar-refractivity contribution in [3.05, 3.63) is 71.6 Å². The van der Waals surface area contributed by atoms with Crippen molar-refractivity contribution in [2.75, 3.05) is 0 Å². The molecule has 24 heavy (non-hydrogen) atoms. The predicted octanol–water partition coefficient (Wildman–Crippen LogP) is 2.35. The molecule has 0 fully saturated rings. The molecule has 0 radical (unpaired) electrons. The van der Waals surface area contributed by atoms with E-state index < -0.39 is 11.8 Å². The minimum Gasteiger partial charge on any atom is -0.282 e. The standard InChI is InChI=1S/C18H16N4O2/c1-12-11-16(20-19-12)18(24)22-21-17(23)10-9-14-7-4-6-13-5-2-3-8-15(13)14/h2-11H,1H3,(H,19,20)(H,21,23)(H,22,24). The Morgan fingerprint density at radius 1 is 1.08 bits per heavy atom. The first-order valence-electron chi connectivity index (χ1n) is 7.41. The minimum atomic E-state index is -0.480. The van der Waals surface area contributed by atoms with Gasteiger partial charge in [-0.1, -0.05) is 42.5 Å². The summed E-state index contributed by atoms with van der Waals surface area (Å²) in [6.07, 6.45) is 3.08. The van der Waals surface area contributed by atoms with Crippen LogP contribution in [0.5, 0.6) is 0 Å². The number of hydrogen-bond acceptors (Lipinski definition) is 3. The van der Waals surface area contributed by atoms with E-state index in [0.29, 0.717) is 0 Å². The molecule has 0 spiro atoms. The molecule has 120 valence electrons. The number of rotatable bonds is 3. The van der Waals surface area contributed by atoms with Gasteiger partial charge in [-0.2, -0.15) is 5.10 Å². The summed E-state index contributed by atoms with van der Waals surface area (Å²) < 4.78 is 0. The van der Waals surface area contributed by atoms with E-state index in [2.05, 4.69) is 21.0 Å². The van der Waals surface area contributed by atoms with Gasteiger partial charge in [0.1, 0.15) is 0 Å². The highest BCUT2D eigenvalue weighted by atomic mass is 16.2. The number of benzene rings is 2. The molecule has 3 N–H and O–H groups in total. The van der Waals surface area contributed by atoms with Crippen molar-refractivity contribution < 1.29 is 9.59 Å². The Morgan fingerprint density at radius 2 is 1.88 bits per heavy atom. The van der Waals surface area contributed by atoms with Gasteiger partial charge in [0.2, 0.25) is 0 Å². The Bertz CT molecular complexity index is 922. The van der Waals surface area contributed by atoms with Gasteiger partial charge in [0.05, 0.1) is 0 Å². The molecule has 6 nitrogen and oxygen atoms in total. The normalized spacial score (nSPS) is 10.9. The van der Waals surface area contributed by atoms with E-state index >= 15 is 0 Å². The molecular formula is C18H16N4O2. The maximum atomic E-state index is 11.9. The first-order valence-corrected chi connectivity index (χ1v) is 7.41. The van der Waals surface area contributed by atoms with Gasteiger partial charge in [-0.25, -0.2) is 0 Å². The number of carbonyl (C=O) groups is 2. The highest BCUT2D eigenvalue weighted by molar-refractivity contribution is 5.99. The van der Waals surface area contributed by atoms with Gasteiger partial charge in [0, 0.05) is 11.8 Å². The second-order valence-corrected chi connectivity index (χ2v) is 5.28. The lowest BCUT2D eigenvalue weighted by atomic mass is 10.0. The quantitative estimate of drug-likeness (QED) is 0.511. The summed E-state index contributed by atoms with van der Waals surface area (Å²) in [5, 5.41) is 8.63. The zero-order valence-electron chi connectivity index (χ0n) is 13.0. The number of hydrazine groups is 1. The largest absolute Gasteiger partial charge is 0.290 e. The predicted molar refractivity (Wildman–Crippen MR) is 91.9 cm³/mol. The second-order valence-electron chi connectivity index (χ2n) is 5.28. The van der Waals surface area contributed by atoms with Gasteiger partial charge >= 0.3 is 0 Å². The number of aryl methyl sites for hydroxylation is 1. The molecule has 0 atom stereocenters. The first kappa shape index (κ1) is 15.5. The van der Waals surface area contributed by atoms with Crippen LogP contribution in [0.1, 0.15) is 21.7 Å². The fraction of sp³-hybridized carbons (Fsp3) is 0.0556. The SMILES string of the molecule is Cc1cc(C(=O)NNC(=O)C=Cc2cccc3ccccc23)n[nH]1. The molecule has 0 aliphatic heterocycles. The first-order chi connectivity index (χ1) is 11.6. The third-order valence-electron chi connectivity index (χ3n) is 3.48. The van der Waals surface area contributed by atoms with Crippen LogP contribution < -0.4 is 10.9 Å². The summed E-state index contributed by atoms with van der Waals surface area (Å²) in [6.45, 7) is 1.79. The van der Waals surface area contributed by atoms with Crippen LogP contribution in [0, 0.1) is 6.92 Å². The van der Waals surface area contributed by atoms with Crippen molar-refractivity contribution in [2.45, 2.75) is 6.92 Å². The molecule has 6 heteroatoms. The highest BCUT2D eigenvalue weighted by Crippen LogP contribution is 2.19. The third-order valence-corrected chi connectivity index (χ3v) is 3.48. The van der Waals surface area contributed by atoms with E-state index in [0.717, 1.165) is 22.0 Å². The summed E-state index contributed by atoms with van der Waals surface area (Å²) >= 11 is 0. The smallest absolute Gasteiger partial charge is 0.282 e. The van der Waals surface area contributed by atoms with E-state index in [1.165, 1.54) is 6.08 Å². The van der Waals surface area contributed by atoms with Crippen LogP contribution in [0.25, 0.3) is 16.8 Å². The van der Waals surface area contributed by atoms with Crippen molar-refractivity contribution in [3.8, 4) is 0 Å². The van der Waals surface area contributed by atoms with E-state index in [4.69, 9.17) is 0 Å². The average Bonchev–Trinajstić information content (AvgIpc) is 3.04. The summed E-state index contributed by atoms with van der Waals surface area (Å²) in [6, 6.07) is 15.4. The van der Waals surface area contributed by atoms with E-state index in [9.17, 15) is 9.59 Å². The number of nitrogens with zero attached hydrogens (tertiary/aromatic N) is 1. The van der Waals surface area contributed by atoms with Crippen molar-refractivity contribution >= 4 is 28.7 Å². The molecule has 0 aliphatic rings. The molecule has 1 heterocycles. The number of carbonyl (C=O) groups excluding carboxylic acids is 2. The maximum Gasteiger partial charge on any atom is 0.290 e. The number of fused-ring (bicyclic) bond motifs is 1. The van der Waals surface area contributed by atoms with E-state index in [-0.39, 0.29) is 5.69 Å². The van der Waals surface area contributed by atoms with E-state index in [1.54, 1.807) is 19.1 Å². The van der Waals surface area contributed by atoms with Gasteiger partial charge < -0.3 is 0 Å². The lowest BCUT2D eigenvalue weighted by Crippen LogP contribution is -2.40. The Labute approximate surface area is 138 Å². The summed E-state index contributed by atoms with van der Waals surface area (Å²) in [4.78, 5) is 23.6. The lowest BCUT2D eigenvalue weighted by Gasteiger charge is -2.03. The Balaban J connectivity index is 1.64. The van der Waals surface area contributed by atoms with Crippen LogP contribution in [-0.2, 0) is 4.79 Å². The van der Waals surface area contributed by atoms with Gasteiger partial charge in [0.25, 0.3) is 11.8 Å². The van der Waals surface area contributed by atoms with Gasteiger partial charge in [-0.05, 0) is 35.4 Å². The molecular weight excluding hydrogens is 304 g/mol. The Morgan fingerprint density at radius 3 is 2.67 bits per heavy atom.